The van der Waals surface area contributed by atoms with Gasteiger partial charge in [0.2, 0.25) is 0 Å². The van der Waals surface area contributed by atoms with Crippen LogP contribution in [0.3, 0.4) is 0 Å². The third-order valence-corrected chi connectivity index (χ3v) is 24.6. The molecule has 0 aromatic carbocycles. The molecule has 5 saturated carbocycles. The summed E-state index contributed by atoms with van der Waals surface area (Å²) < 4.78 is 133. The molecule has 422 valence electrons. The molecule has 21 heteroatoms. The highest BCUT2D eigenvalue weighted by atomic mass is 32.3. The van der Waals surface area contributed by atoms with E-state index in [4.69, 9.17) is 22.0 Å². The third kappa shape index (κ3) is 9.20. The highest BCUT2D eigenvalue weighted by Gasteiger charge is 2.67. The Bertz CT molecular complexity index is 2640. The van der Waals surface area contributed by atoms with Crippen molar-refractivity contribution >= 4 is 31.2 Å². The number of fused-ring (bicyclic) bond motifs is 10. The van der Waals surface area contributed by atoms with Crippen molar-refractivity contribution < 1.29 is 81.4 Å². The quantitative estimate of drug-likeness (QED) is 0.0758. The van der Waals surface area contributed by atoms with E-state index in [1.165, 1.54) is 16.7 Å². The minimum atomic E-state index is -4.91. The molecule has 0 unspecified atom stereocenters. The van der Waals surface area contributed by atoms with Crippen LogP contribution < -0.4 is 0 Å². The zero-order valence-corrected chi connectivity index (χ0v) is 47.0. The monoisotopic (exact) mass is 1100 g/mol. The van der Waals surface area contributed by atoms with E-state index in [0.29, 0.717) is 19.3 Å². The molecule has 2 saturated heterocycles. The lowest BCUT2D eigenvalue weighted by Gasteiger charge is -2.59. The van der Waals surface area contributed by atoms with Crippen LogP contribution in [-0.2, 0) is 53.2 Å². The van der Waals surface area contributed by atoms with Crippen LogP contribution in [-0.4, -0.2) is 120 Å². The topological polar surface area (TPSA) is 290 Å². The molecule has 0 amide bonds. The van der Waals surface area contributed by atoms with Crippen LogP contribution in [0.5, 0.6) is 0 Å². The van der Waals surface area contributed by atoms with Crippen LogP contribution in [0.2, 0.25) is 0 Å². The Labute approximate surface area is 439 Å². The molecule has 18 nitrogen and oxygen atoms in total. The lowest BCUT2D eigenvalue weighted by molar-refractivity contribution is -0.281. The second-order valence-electron chi connectivity index (χ2n) is 27.0. The van der Waals surface area contributed by atoms with Gasteiger partial charge in [0.25, 0.3) is 0 Å². The lowest BCUT2D eigenvalue weighted by Crippen LogP contribution is -2.59. The first kappa shape index (κ1) is 56.1. The van der Waals surface area contributed by atoms with E-state index in [-0.39, 0.29) is 84.0 Å². The maximum Gasteiger partial charge on any atom is 0.397 e. The van der Waals surface area contributed by atoms with Crippen LogP contribution in [0.1, 0.15) is 165 Å². The Hall–Kier alpha value is -1.15. The van der Waals surface area contributed by atoms with Gasteiger partial charge in [-0.15, -0.1) is 0 Å². The van der Waals surface area contributed by atoms with Crippen molar-refractivity contribution in [2.75, 3.05) is 0 Å². The first-order valence-electron chi connectivity index (χ1n) is 27.6. The summed E-state index contributed by atoms with van der Waals surface area (Å²) in [5.74, 6) is -2.30. The molecule has 2 aliphatic heterocycles. The maximum atomic E-state index is 12.4. The molecule has 2 heterocycles. The highest BCUT2D eigenvalue weighted by molar-refractivity contribution is 7.81. The molecule has 8 aliphatic carbocycles. The van der Waals surface area contributed by atoms with Crippen molar-refractivity contribution in [3.8, 4) is 0 Å². The number of hydrogen-bond acceptors (Lipinski definition) is 15. The summed E-state index contributed by atoms with van der Waals surface area (Å²) >= 11 is 0. The van der Waals surface area contributed by atoms with Crippen LogP contribution in [0, 0.1) is 80.8 Å². The minimum Gasteiger partial charge on any atom is -0.390 e. The number of aliphatic hydroxyl groups is 4. The highest BCUT2D eigenvalue weighted by Crippen LogP contribution is 2.70. The van der Waals surface area contributed by atoms with E-state index in [9.17, 15) is 59.3 Å². The van der Waals surface area contributed by atoms with Gasteiger partial charge in [-0.2, -0.15) is 25.3 Å². The fourth-order valence-corrected chi connectivity index (χ4v) is 21.6. The van der Waals surface area contributed by atoms with Crippen LogP contribution >= 0.6 is 0 Å². The standard InChI is InChI=1S/C53H84O18S3/c1-26(31-11-13-33-29-20-41(68-72(58,59)60)37-22-39(54)43(70-74(64,65)66)25-51(37,8)35(29)16-18-49(31,33)6)10-15-44-53(57)23-38(48(4,5)71-53)47(67-44)27(2)32-12-14-34-30-21-42(69-73(61,62)63)45-28(3)46(56)40(55)24-52(45,9)36(30)17-19-50(32,34)7/h26-28,31-32,34-35,37-47,54-57H,10-25H2,1-9H3,(H,58,59,60)(H,61,62,63)(H,64,65,66)/t26-,27+,28-,31-,32-,34-,35+,37+,38+,39-,40+,41+,42+,43+,44+,45+,46-,47+,49-,50-,51-,52-,53-/m1/s1. The zero-order valence-electron chi connectivity index (χ0n) is 44.6. The van der Waals surface area contributed by atoms with Gasteiger partial charge in [0.05, 0.1) is 42.2 Å². The summed E-state index contributed by atoms with van der Waals surface area (Å²) in [6, 6.07) is 0. The summed E-state index contributed by atoms with van der Waals surface area (Å²) in [5, 5.41) is 45.6. The largest absolute Gasteiger partial charge is 0.397 e. The van der Waals surface area contributed by atoms with Crippen molar-refractivity contribution in [2.45, 2.75) is 225 Å². The number of hydrogen-bond donors (Lipinski definition) is 7. The lowest BCUT2D eigenvalue weighted by atomic mass is 9.47. The first-order chi connectivity index (χ1) is 34.0. The predicted molar refractivity (Wildman–Crippen MR) is 268 cm³/mol. The average Bonchev–Trinajstić information content (AvgIpc) is 3.87. The summed E-state index contributed by atoms with van der Waals surface area (Å²) in [7, 11) is -14.6. The minimum absolute atomic E-state index is 0.0260. The summed E-state index contributed by atoms with van der Waals surface area (Å²) in [4.78, 5) is 0. The van der Waals surface area contributed by atoms with Crippen molar-refractivity contribution in [2.24, 2.45) is 80.8 Å². The molecule has 0 aromatic heterocycles. The maximum absolute atomic E-state index is 12.4. The number of allylic oxidation sites excluding steroid dienone is 2. The van der Waals surface area contributed by atoms with E-state index < -0.39 is 114 Å². The van der Waals surface area contributed by atoms with Gasteiger partial charge in [-0.3, -0.25) is 13.7 Å². The Morgan fingerprint density at radius 1 is 0.662 bits per heavy atom. The van der Waals surface area contributed by atoms with Gasteiger partial charge in [-0.05, 0) is 179 Å². The first-order valence-corrected chi connectivity index (χ1v) is 31.7. The Balaban J connectivity index is 0.876. The number of aliphatic hydroxyl groups excluding tert-OH is 3. The van der Waals surface area contributed by atoms with E-state index in [1.54, 1.807) is 0 Å². The molecule has 10 rings (SSSR count). The Kier molecular flexibility index (Phi) is 14.0. The predicted octanol–water partition coefficient (Wildman–Crippen LogP) is 7.09. The SMILES string of the molecule is C[C@H]([C@@H]1O[C@@H](CC[C@@H](C)[C@H]2CCC3=C4C[C@H](OS(=O)(=O)O)[C@@H]5C[C@@H](O)[C@@H](OS(=O)(=O)O)C[C@]5(C)[C@H]4CC[C@@]32C)[C@@]2(O)C[C@@H]1C(C)(C)O2)[C@H]1CC[C@@H]2C3=C(CC[C@@]21C)[C@@]1(C)C[C@H](O)[C@H](O)[C@H](C)[C@H]1[C@@H](OS(=O)(=O)O)C3. The molecule has 10 aliphatic rings. The molecular weight excluding hydrogens is 1020 g/mol. The van der Waals surface area contributed by atoms with E-state index in [2.05, 4.69) is 34.6 Å². The van der Waals surface area contributed by atoms with Crippen molar-refractivity contribution in [3.63, 3.8) is 0 Å². The molecule has 23 atom stereocenters. The molecule has 0 spiro atoms. The second kappa shape index (κ2) is 18.4. The Morgan fingerprint density at radius 3 is 1.91 bits per heavy atom. The van der Waals surface area contributed by atoms with Gasteiger partial charge >= 0.3 is 31.2 Å². The fourth-order valence-electron chi connectivity index (χ4n) is 20.1. The van der Waals surface area contributed by atoms with E-state index in [0.717, 1.165) is 63.4 Å². The van der Waals surface area contributed by atoms with Gasteiger partial charge in [-0.25, -0.2) is 12.5 Å². The summed E-state index contributed by atoms with van der Waals surface area (Å²) in [6.45, 7) is 19.1. The van der Waals surface area contributed by atoms with Gasteiger partial charge in [0, 0.05) is 18.3 Å². The Morgan fingerprint density at radius 2 is 1.26 bits per heavy atom. The van der Waals surface area contributed by atoms with Gasteiger partial charge in [0.15, 0.2) is 5.79 Å². The zero-order chi connectivity index (χ0) is 54.1. The van der Waals surface area contributed by atoms with Crippen molar-refractivity contribution in [1.29, 1.82) is 0 Å². The van der Waals surface area contributed by atoms with E-state index >= 15 is 0 Å². The van der Waals surface area contributed by atoms with Gasteiger partial charge in [-0.1, -0.05) is 70.8 Å². The van der Waals surface area contributed by atoms with Crippen LogP contribution in [0.25, 0.3) is 0 Å². The molecule has 2 bridgehead atoms. The van der Waals surface area contributed by atoms with Gasteiger partial charge in [0.1, 0.15) is 12.2 Å². The smallest absolute Gasteiger partial charge is 0.390 e. The molecule has 0 radical (unpaired) electrons. The summed E-state index contributed by atoms with van der Waals surface area (Å²) in [6.07, 6.45) is 1.89. The molecule has 7 fully saturated rings. The van der Waals surface area contributed by atoms with Crippen molar-refractivity contribution in [1.82, 2.24) is 0 Å². The van der Waals surface area contributed by atoms with Crippen LogP contribution in [0.15, 0.2) is 22.3 Å². The van der Waals surface area contributed by atoms with Gasteiger partial charge < -0.3 is 29.9 Å². The number of ether oxygens (including phenoxy) is 2. The molecule has 0 aromatic rings. The fraction of sp³-hybridized carbons (Fsp3) is 0.925. The molecule has 7 N–H and O–H groups in total. The van der Waals surface area contributed by atoms with E-state index in [1.807, 2.05) is 27.7 Å². The third-order valence-electron chi connectivity index (χ3n) is 23.1. The average molecular weight is 1110 g/mol. The molecular formula is C53H84O18S3. The number of rotatable bonds is 12. The second-order valence-corrected chi connectivity index (χ2v) is 30.2. The van der Waals surface area contributed by atoms with Crippen molar-refractivity contribution in [3.05, 3.63) is 22.3 Å². The molecule has 74 heavy (non-hydrogen) atoms. The summed E-state index contributed by atoms with van der Waals surface area (Å²) in [5.41, 5.74) is 2.16. The normalized spacial score (nSPS) is 49.8. The van der Waals surface area contributed by atoms with Crippen LogP contribution in [0.4, 0.5) is 0 Å².